The van der Waals surface area contributed by atoms with Crippen molar-refractivity contribution in [2.45, 2.75) is 202 Å². The Morgan fingerprint density at radius 2 is 1.15 bits per heavy atom. The minimum Gasteiger partial charge on any atom is -0.480 e. The maximum absolute atomic E-state index is 14.4. The lowest BCUT2D eigenvalue weighted by molar-refractivity contribution is -0.145. The number of primary amides is 1. The number of hydrogen-bond acceptors (Lipinski definition) is 20. The topological polar surface area (TPSA) is 569 Å². The van der Waals surface area contributed by atoms with Crippen LogP contribution in [0.15, 0.2) is 47.8 Å². The van der Waals surface area contributed by atoms with Gasteiger partial charge in [-0.1, -0.05) is 44.2 Å². The molecule has 13 amide bonds. The van der Waals surface area contributed by atoms with Crippen LogP contribution in [0.5, 0.6) is 0 Å². The van der Waals surface area contributed by atoms with E-state index in [1.54, 1.807) is 44.2 Å². The lowest BCUT2D eigenvalue weighted by atomic mass is 10.0. The zero-order valence-electron chi connectivity index (χ0n) is 58.9. The molecule has 0 saturated carbocycles. The predicted octanol–water partition coefficient (Wildman–Crippen LogP) is -5.17. The van der Waals surface area contributed by atoms with Crippen molar-refractivity contribution in [2.24, 2.45) is 39.6 Å². The van der Waals surface area contributed by atoms with Gasteiger partial charge in [0, 0.05) is 57.3 Å². The summed E-state index contributed by atoms with van der Waals surface area (Å²) in [5.41, 5.74) is 29.0. The van der Waals surface area contributed by atoms with Crippen LogP contribution in [-0.4, -0.2) is 254 Å². The lowest BCUT2D eigenvalue weighted by Crippen LogP contribution is -2.61. The third-order valence-electron chi connectivity index (χ3n) is 17.8. The van der Waals surface area contributed by atoms with E-state index < -0.39 is 168 Å². The van der Waals surface area contributed by atoms with Gasteiger partial charge in [0.25, 0.3) is 0 Å². The molecule has 103 heavy (non-hydrogen) atoms. The highest BCUT2D eigenvalue weighted by atomic mass is 32.2. The van der Waals surface area contributed by atoms with Crippen LogP contribution >= 0.6 is 11.8 Å². The monoisotopic (exact) mass is 1460 g/mol. The maximum Gasteiger partial charge on any atom is 0.326 e. The number of H-pyrrole nitrogens is 1. The van der Waals surface area contributed by atoms with Gasteiger partial charge in [-0.3, -0.25) is 67.3 Å². The first-order valence-corrected chi connectivity index (χ1v) is 36.2. The molecule has 12 atom stereocenters. The molecule has 0 radical (unpaired) electrons. The van der Waals surface area contributed by atoms with Gasteiger partial charge in [0.05, 0.1) is 25.5 Å². The summed E-state index contributed by atoms with van der Waals surface area (Å²) in [6.07, 6.45) is 6.83. The van der Waals surface area contributed by atoms with E-state index in [-0.39, 0.29) is 122 Å². The summed E-state index contributed by atoms with van der Waals surface area (Å²) in [6.45, 7) is 3.91. The second-order valence-electron chi connectivity index (χ2n) is 26.2. The van der Waals surface area contributed by atoms with E-state index in [1.807, 2.05) is 6.26 Å². The number of nitrogens with one attached hydrogen (secondary N) is 10. The average Bonchev–Trinajstić information content (AvgIpc) is 1.93. The second-order valence-corrected chi connectivity index (χ2v) is 27.2. The molecule has 37 heteroatoms. The van der Waals surface area contributed by atoms with Crippen LogP contribution in [0, 0.1) is 5.92 Å². The molecule has 3 aliphatic heterocycles. The van der Waals surface area contributed by atoms with Gasteiger partial charge in [0.2, 0.25) is 76.8 Å². The standard InChI is InChI=1S/C66H104N20O16S/c1-37(2)30-45(80-56(92)43(17-10-25-73-66(70)71)78-61(97)50-19-12-27-85(50)63(99)38(3)76-54(90)41(68)21-22-52(69)88)57(93)83-48(35-87)59(95)81-46(32-40-33-72-36-75-40)58(94)77-42(16-8-9-24-67)55(91)74-34-53(89)84-26-11-18-49(84)60(96)79-44(23-29-103-4)64(100)86-28-13-20-51(86)62(98)82-47(65(101)102)31-39-14-6-5-7-15-39/h5-7,14-15,33,36-38,41-51,87H,8-13,16-32,34-35,67-68H2,1-4H3,(H2,69,88)(H,72,75)(H,74,91)(H,76,90)(H,77,94)(H,78,97)(H,79,96)(H,80,92)(H,81,95)(H,82,98)(H,83,93)(H,101,102)(H4,70,71,73)/t38-,41-,42-,43-,44-,45-,46-,47-,48-,49-,50-,51-/m0/s1. The molecule has 3 fully saturated rings. The fourth-order valence-corrected chi connectivity index (χ4v) is 12.8. The number of carboxylic acid groups (broad SMARTS) is 1. The van der Waals surface area contributed by atoms with Gasteiger partial charge >= 0.3 is 5.97 Å². The van der Waals surface area contributed by atoms with Gasteiger partial charge in [0.15, 0.2) is 5.96 Å². The van der Waals surface area contributed by atoms with E-state index in [4.69, 9.17) is 28.7 Å². The minimum absolute atomic E-state index is 0.00214. The number of aliphatic carboxylic acids is 1. The number of likely N-dealkylation sites (tertiary alicyclic amines) is 3. The number of imidazole rings is 1. The number of carboxylic acids is 1. The van der Waals surface area contributed by atoms with Crippen LogP contribution in [0.4, 0.5) is 0 Å². The largest absolute Gasteiger partial charge is 0.480 e. The number of unbranched alkanes of at least 4 members (excludes halogenated alkanes) is 1. The van der Waals surface area contributed by atoms with Gasteiger partial charge in [0.1, 0.15) is 66.5 Å². The van der Waals surface area contributed by atoms with E-state index in [2.05, 4.69) is 62.8 Å². The highest BCUT2D eigenvalue weighted by molar-refractivity contribution is 7.98. The van der Waals surface area contributed by atoms with Gasteiger partial charge in [-0.25, -0.2) is 9.78 Å². The number of nitrogens with zero attached hydrogens (tertiary/aromatic N) is 5. The molecule has 5 rings (SSSR count). The summed E-state index contributed by atoms with van der Waals surface area (Å²) in [6, 6.07) is -6.47. The molecule has 0 aliphatic carbocycles. The number of hydrogen-bond donors (Lipinski definition) is 17. The predicted molar refractivity (Wildman–Crippen MR) is 377 cm³/mol. The molecular weight excluding hydrogens is 1360 g/mol. The summed E-state index contributed by atoms with van der Waals surface area (Å²) >= 11 is 1.42. The Labute approximate surface area is 601 Å². The second kappa shape index (κ2) is 42.8. The zero-order valence-corrected chi connectivity index (χ0v) is 59.7. The first-order chi connectivity index (χ1) is 49.1. The first kappa shape index (κ1) is 84.2. The van der Waals surface area contributed by atoms with Gasteiger partial charge in [-0.15, -0.1) is 0 Å². The molecule has 4 heterocycles. The van der Waals surface area contributed by atoms with E-state index in [1.165, 1.54) is 45.9 Å². The highest BCUT2D eigenvalue weighted by Gasteiger charge is 2.43. The molecule has 2 aromatic rings. The van der Waals surface area contributed by atoms with Crippen LogP contribution in [0.3, 0.4) is 0 Å². The summed E-state index contributed by atoms with van der Waals surface area (Å²) in [5.74, 6) is -11.2. The lowest BCUT2D eigenvalue weighted by Gasteiger charge is -2.31. The van der Waals surface area contributed by atoms with E-state index in [9.17, 15) is 77.3 Å². The molecule has 0 unspecified atom stereocenters. The van der Waals surface area contributed by atoms with Crippen molar-refractivity contribution < 1.29 is 77.3 Å². The molecule has 1 aromatic heterocycles. The quantitative estimate of drug-likeness (QED) is 0.0168. The van der Waals surface area contributed by atoms with Crippen molar-refractivity contribution in [1.29, 1.82) is 0 Å². The van der Waals surface area contributed by atoms with Crippen molar-refractivity contribution in [3.8, 4) is 0 Å². The number of guanidine groups is 1. The molecule has 22 N–H and O–H groups in total. The van der Waals surface area contributed by atoms with Crippen LogP contribution < -0.4 is 76.5 Å². The van der Waals surface area contributed by atoms with Crippen LogP contribution in [0.1, 0.15) is 128 Å². The fraction of sp³-hybridized carbons (Fsp3) is 0.636. The maximum atomic E-state index is 14.4. The summed E-state index contributed by atoms with van der Waals surface area (Å²) in [7, 11) is 0. The smallest absolute Gasteiger partial charge is 0.326 e. The Bertz CT molecular complexity index is 3250. The zero-order chi connectivity index (χ0) is 75.9. The number of benzene rings is 1. The molecular formula is C66H104N20O16S. The molecule has 0 bridgehead atoms. The number of aliphatic hydroxyl groups is 1. The van der Waals surface area contributed by atoms with Crippen molar-refractivity contribution in [1.82, 2.24) is 72.5 Å². The van der Waals surface area contributed by atoms with Crippen LogP contribution in [-0.2, 0) is 80.0 Å². The van der Waals surface area contributed by atoms with E-state index >= 15 is 0 Å². The van der Waals surface area contributed by atoms with E-state index in [0.29, 0.717) is 49.1 Å². The number of aromatic amines is 1. The number of carbonyl (C=O) groups excluding carboxylic acids is 13. The molecule has 570 valence electrons. The summed E-state index contributed by atoms with van der Waals surface area (Å²) in [5, 5.41) is 44.1. The molecule has 36 nitrogen and oxygen atoms in total. The average molecular weight is 1470 g/mol. The molecule has 1 aromatic carbocycles. The number of nitrogens with two attached hydrogens (primary N) is 5. The number of aliphatic imine (C=N–C) groups is 1. The Morgan fingerprint density at radius 1 is 0.612 bits per heavy atom. The van der Waals surface area contributed by atoms with Crippen LogP contribution in [0.2, 0.25) is 0 Å². The Hall–Kier alpha value is -9.49. The van der Waals surface area contributed by atoms with Crippen molar-refractivity contribution >= 4 is 100 Å². The normalized spacial score (nSPS) is 18.3. The number of thioether (sulfide) groups is 1. The first-order valence-electron chi connectivity index (χ1n) is 34.8. The van der Waals surface area contributed by atoms with Crippen molar-refractivity contribution in [3.05, 3.63) is 54.1 Å². The molecule has 0 spiro atoms. The number of rotatable bonds is 43. The van der Waals surface area contributed by atoms with E-state index in [0.717, 1.165) is 0 Å². The van der Waals surface area contributed by atoms with Gasteiger partial charge < -0.3 is 106 Å². The Kier molecular flexibility index (Phi) is 35.0. The number of aromatic nitrogens is 2. The van der Waals surface area contributed by atoms with Crippen LogP contribution in [0.25, 0.3) is 0 Å². The van der Waals surface area contributed by atoms with Gasteiger partial charge in [-0.05, 0) is 127 Å². The fourth-order valence-electron chi connectivity index (χ4n) is 12.3. The third-order valence-corrected chi connectivity index (χ3v) is 18.4. The molecule has 3 aliphatic rings. The molecule has 3 saturated heterocycles. The summed E-state index contributed by atoms with van der Waals surface area (Å²) < 4.78 is 0. The minimum atomic E-state index is -1.76. The number of carbonyl (C=O) groups is 14. The third kappa shape index (κ3) is 27.0. The highest BCUT2D eigenvalue weighted by Crippen LogP contribution is 2.24. The van der Waals surface area contributed by atoms with Gasteiger partial charge in [-0.2, -0.15) is 11.8 Å². The Balaban J connectivity index is 1.25. The number of amides is 13. The SMILES string of the molecule is CSCC[C@H](NC(=O)[C@@H]1CCCN1C(=O)CNC(=O)[C@H](CCCCN)NC(=O)[C@H](Cc1cnc[nH]1)NC(=O)[C@H](CO)NC(=O)[C@H](CC(C)C)NC(=O)[C@H](CCCN=C(N)N)NC(=O)[C@@H]1CCCN1C(=O)[C@H](C)NC(=O)[C@@H](N)CCC(N)=O)C(=O)N1CCC[C@H]1C(=O)N[C@@H](Cc1ccccc1)C(=O)O. The summed E-state index contributed by atoms with van der Waals surface area (Å²) in [4.78, 5) is 206. The van der Waals surface area contributed by atoms with Crippen molar-refractivity contribution in [3.63, 3.8) is 0 Å². The Morgan fingerprint density at radius 3 is 1.72 bits per heavy atom. The number of aliphatic hydroxyl groups excluding tert-OH is 1. The van der Waals surface area contributed by atoms with Crippen molar-refractivity contribution in [2.75, 3.05) is 57.9 Å².